The zero-order valence-corrected chi connectivity index (χ0v) is 16.4. The number of halogens is 3. The molecule has 7 nitrogen and oxygen atoms in total. The molecule has 1 amide bonds. The number of nitrogens with two attached hydrogens (primary N) is 1. The largest absolute Gasteiger partial charge is 0.488 e. The summed E-state index contributed by atoms with van der Waals surface area (Å²) in [6.07, 6.45) is -1.29. The van der Waals surface area contributed by atoms with Gasteiger partial charge in [0.05, 0.1) is 5.56 Å². The van der Waals surface area contributed by atoms with Gasteiger partial charge in [0.2, 0.25) is 11.9 Å². The van der Waals surface area contributed by atoms with Crippen LogP contribution in [0.5, 0.6) is 5.75 Å². The van der Waals surface area contributed by atoms with Crippen LogP contribution in [0.1, 0.15) is 28.8 Å². The number of amides is 1. The Hall–Kier alpha value is -3.40. The highest BCUT2D eigenvalue weighted by Gasteiger charge is 2.31. The average molecular weight is 431 g/mol. The molecule has 4 rings (SSSR count). The Kier molecular flexibility index (Phi) is 5.64. The normalized spacial score (nSPS) is 15.1. The highest BCUT2D eigenvalue weighted by Crippen LogP contribution is 2.33. The summed E-state index contributed by atoms with van der Waals surface area (Å²) < 4.78 is 45.7. The van der Waals surface area contributed by atoms with Crippen LogP contribution in [-0.2, 0) is 6.18 Å². The van der Waals surface area contributed by atoms with Gasteiger partial charge in [0.15, 0.2) is 0 Å². The van der Waals surface area contributed by atoms with E-state index in [1.807, 2.05) is 12.1 Å². The van der Waals surface area contributed by atoms with Crippen LogP contribution in [-0.4, -0.2) is 35.1 Å². The van der Waals surface area contributed by atoms with E-state index in [1.165, 1.54) is 6.07 Å². The van der Waals surface area contributed by atoms with Crippen LogP contribution in [0.25, 0.3) is 10.9 Å². The summed E-state index contributed by atoms with van der Waals surface area (Å²) in [5.41, 5.74) is 4.46. The first kappa shape index (κ1) is 20.9. The molecule has 3 aromatic rings. The van der Waals surface area contributed by atoms with Crippen LogP contribution in [0.4, 0.5) is 24.8 Å². The first-order chi connectivity index (χ1) is 14.8. The number of fused-ring (bicyclic) bond motifs is 1. The number of carbonyl (C=O) groups excluding carboxylic acids is 1. The van der Waals surface area contributed by atoms with E-state index in [4.69, 9.17) is 10.5 Å². The lowest BCUT2D eigenvalue weighted by Crippen LogP contribution is -2.34. The number of anilines is 2. The number of piperidine rings is 1. The molecule has 31 heavy (non-hydrogen) atoms. The standard InChI is InChI=1S/C21H20F3N5O2/c22-21(23,24)14-8-13(19(25)30)9-15(10-14)28-20-27-11-12-2-1-3-17(18(12)29-20)31-16-4-6-26-7-5-16/h1-3,8-11,16,26H,4-7H2,(H2,25,30)(H,27,28,29). The van der Waals surface area contributed by atoms with Crippen LogP contribution in [0.15, 0.2) is 42.6 Å². The van der Waals surface area contributed by atoms with E-state index in [-0.39, 0.29) is 23.3 Å². The van der Waals surface area contributed by atoms with E-state index >= 15 is 0 Å². The quantitative estimate of drug-likeness (QED) is 0.570. The number of hydrogen-bond donors (Lipinski definition) is 3. The van der Waals surface area contributed by atoms with E-state index in [9.17, 15) is 18.0 Å². The summed E-state index contributed by atoms with van der Waals surface area (Å²) in [7, 11) is 0. The van der Waals surface area contributed by atoms with E-state index in [2.05, 4.69) is 20.6 Å². The maximum Gasteiger partial charge on any atom is 0.416 e. The molecule has 4 N–H and O–H groups in total. The number of benzene rings is 2. The molecule has 1 aliphatic heterocycles. The number of rotatable bonds is 5. The van der Waals surface area contributed by atoms with Crippen molar-refractivity contribution in [2.45, 2.75) is 25.1 Å². The van der Waals surface area contributed by atoms with Gasteiger partial charge in [0, 0.05) is 22.8 Å². The summed E-state index contributed by atoms with van der Waals surface area (Å²) in [6.45, 7) is 1.74. The van der Waals surface area contributed by atoms with Crippen molar-refractivity contribution in [1.82, 2.24) is 15.3 Å². The predicted octanol–water partition coefficient (Wildman–Crippen LogP) is 3.62. The molecule has 2 heterocycles. The highest BCUT2D eigenvalue weighted by molar-refractivity contribution is 5.94. The zero-order chi connectivity index (χ0) is 22.0. The predicted molar refractivity (Wildman–Crippen MR) is 109 cm³/mol. The molecule has 0 atom stereocenters. The molecule has 0 unspecified atom stereocenters. The smallest absolute Gasteiger partial charge is 0.416 e. The first-order valence-corrected chi connectivity index (χ1v) is 9.72. The monoisotopic (exact) mass is 431 g/mol. The maximum atomic E-state index is 13.2. The van der Waals surface area contributed by atoms with Crippen LogP contribution < -0.4 is 21.1 Å². The van der Waals surface area contributed by atoms with Gasteiger partial charge >= 0.3 is 6.18 Å². The summed E-state index contributed by atoms with van der Waals surface area (Å²) in [5.74, 6) is -0.313. The van der Waals surface area contributed by atoms with E-state index < -0.39 is 17.6 Å². The minimum atomic E-state index is -4.64. The second-order valence-corrected chi connectivity index (χ2v) is 7.24. The number of nitrogens with zero attached hydrogens (tertiary/aromatic N) is 2. The van der Waals surface area contributed by atoms with Gasteiger partial charge in [0.1, 0.15) is 17.4 Å². The molecule has 0 bridgehead atoms. The second-order valence-electron chi connectivity index (χ2n) is 7.24. The molecule has 0 radical (unpaired) electrons. The molecule has 0 aliphatic carbocycles. The minimum Gasteiger partial charge on any atom is -0.488 e. The number of alkyl halides is 3. The summed E-state index contributed by atoms with van der Waals surface area (Å²) in [5, 5.41) is 6.75. The Morgan fingerprint density at radius 2 is 1.97 bits per heavy atom. The molecule has 1 fully saturated rings. The molecule has 2 aromatic carbocycles. The Morgan fingerprint density at radius 1 is 1.19 bits per heavy atom. The molecule has 0 saturated carbocycles. The highest BCUT2D eigenvalue weighted by atomic mass is 19.4. The van der Waals surface area contributed by atoms with Crippen LogP contribution in [0.3, 0.4) is 0 Å². The van der Waals surface area contributed by atoms with Crippen molar-refractivity contribution >= 4 is 28.4 Å². The van der Waals surface area contributed by atoms with Crippen molar-refractivity contribution in [2.75, 3.05) is 18.4 Å². The molecule has 1 aliphatic rings. The summed E-state index contributed by atoms with van der Waals surface area (Å²) in [6, 6.07) is 8.27. The van der Waals surface area contributed by atoms with Gasteiger partial charge in [-0.05, 0) is 50.2 Å². The molecule has 10 heteroatoms. The Morgan fingerprint density at radius 3 is 2.68 bits per heavy atom. The van der Waals surface area contributed by atoms with Crippen molar-refractivity contribution < 1.29 is 22.7 Å². The van der Waals surface area contributed by atoms with Gasteiger partial charge in [-0.2, -0.15) is 13.2 Å². The Balaban J connectivity index is 1.66. The van der Waals surface area contributed by atoms with Crippen molar-refractivity contribution in [3.8, 4) is 5.75 Å². The maximum absolute atomic E-state index is 13.2. The molecule has 1 aromatic heterocycles. The fraction of sp³-hybridized carbons (Fsp3) is 0.286. The van der Waals surface area contributed by atoms with Gasteiger partial charge in [-0.25, -0.2) is 9.97 Å². The molecule has 1 saturated heterocycles. The van der Waals surface area contributed by atoms with Crippen molar-refractivity contribution in [1.29, 1.82) is 0 Å². The lowest BCUT2D eigenvalue weighted by Gasteiger charge is -2.24. The van der Waals surface area contributed by atoms with Gasteiger partial charge < -0.3 is 21.1 Å². The van der Waals surface area contributed by atoms with Crippen LogP contribution in [0.2, 0.25) is 0 Å². The van der Waals surface area contributed by atoms with Crippen molar-refractivity contribution in [3.05, 3.63) is 53.7 Å². The number of carbonyl (C=O) groups is 1. The third-order valence-corrected chi connectivity index (χ3v) is 4.95. The lowest BCUT2D eigenvalue weighted by molar-refractivity contribution is -0.137. The molecule has 0 spiro atoms. The average Bonchev–Trinajstić information content (AvgIpc) is 2.74. The minimum absolute atomic E-state index is 0.000251. The second kappa shape index (κ2) is 8.38. The zero-order valence-electron chi connectivity index (χ0n) is 16.4. The fourth-order valence-electron chi connectivity index (χ4n) is 3.41. The number of primary amides is 1. The Labute approximate surface area is 175 Å². The summed E-state index contributed by atoms with van der Waals surface area (Å²) >= 11 is 0. The van der Waals surface area contributed by atoms with Gasteiger partial charge in [0.25, 0.3) is 0 Å². The topological polar surface area (TPSA) is 102 Å². The third kappa shape index (κ3) is 4.85. The van der Waals surface area contributed by atoms with Crippen molar-refractivity contribution in [3.63, 3.8) is 0 Å². The molecular formula is C21H20F3N5O2. The van der Waals surface area contributed by atoms with E-state index in [0.717, 1.165) is 37.4 Å². The number of hydrogen-bond acceptors (Lipinski definition) is 6. The molecule has 162 valence electrons. The molecular weight excluding hydrogens is 411 g/mol. The first-order valence-electron chi connectivity index (χ1n) is 9.72. The van der Waals surface area contributed by atoms with Gasteiger partial charge in [-0.15, -0.1) is 0 Å². The number of para-hydroxylation sites is 1. The van der Waals surface area contributed by atoms with Gasteiger partial charge in [-0.3, -0.25) is 4.79 Å². The van der Waals surface area contributed by atoms with E-state index in [0.29, 0.717) is 17.3 Å². The number of nitrogens with one attached hydrogen (secondary N) is 2. The lowest BCUT2D eigenvalue weighted by atomic mass is 10.1. The van der Waals surface area contributed by atoms with Crippen LogP contribution in [0, 0.1) is 0 Å². The van der Waals surface area contributed by atoms with Crippen molar-refractivity contribution in [2.24, 2.45) is 5.73 Å². The number of aromatic nitrogens is 2. The third-order valence-electron chi connectivity index (χ3n) is 4.95. The Bertz CT molecular complexity index is 1110. The number of ether oxygens (including phenoxy) is 1. The van der Waals surface area contributed by atoms with Gasteiger partial charge in [-0.1, -0.05) is 12.1 Å². The van der Waals surface area contributed by atoms with E-state index in [1.54, 1.807) is 12.3 Å². The van der Waals surface area contributed by atoms with Crippen LogP contribution >= 0.6 is 0 Å². The SMILES string of the molecule is NC(=O)c1cc(Nc2ncc3cccc(OC4CCNCC4)c3n2)cc(C(F)(F)F)c1. The fourth-order valence-corrected chi connectivity index (χ4v) is 3.41. The summed E-state index contributed by atoms with van der Waals surface area (Å²) in [4.78, 5) is 20.1.